The van der Waals surface area contributed by atoms with Gasteiger partial charge in [0.1, 0.15) is 0 Å². The molecule has 4 heteroatoms. The third-order valence-corrected chi connectivity index (χ3v) is 3.83. The Kier molecular flexibility index (Phi) is 7.53. The van der Waals surface area contributed by atoms with Crippen LogP contribution in [0.2, 0.25) is 0 Å². The molecule has 0 bridgehead atoms. The minimum atomic E-state index is 0.584. The highest BCUT2D eigenvalue weighted by atomic mass is 32.1. The van der Waals surface area contributed by atoms with Crippen molar-refractivity contribution in [3.05, 3.63) is 0 Å². The van der Waals surface area contributed by atoms with E-state index in [0.29, 0.717) is 6.04 Å². The van der Waals surface area contributed by atoms with Crippen LogP contribution in [0.5, 0.6) is 0 Å². The van der Waals surface area contributed by atoms with Gasteiger partial charge in [0, 0.05) is 26.3 Å². The summed E-state index contributed by atoms with van der Waals surface area (Å²) in [6, 6.07) is 0.584. The van der Waals surface area contributed by atoms with Gasteiger partial charge in [0.25, 0.3) is 0 Å². The van der Waals surface area contributed by atoms with Gasteiger partial charge in [-0.05, 0) is 50.2 Å². The van der Waals surface area contributed by atoms with Crippen molar-refractivity contribution < 1.29 is 4.74 Å². The molecule has 0 spiro atoms. The van der Waals surface area contributed by atoms with Gasteiger partial charge in [0.05, 0.1) is 0 Å². The Morgan fingerprint density at radius 3 is 2.59 bits per heavy atom. The Morgan fingerprint density at radius 1 is 1.29 bits per heavy atom. The maximum absolute atomic E-state index is 5.28. The molecule has 1 rings (SSSR count). The van der Waals surface area contributed by atoms with Crippen LogP contribution < -0.4 is 10.6 Å². The molecule has 17 heavy (non-hydrogen) atoms. The minimum absolute atomic E-state index is 0.584. The summed E-state index contributed by atoms with van der Waals surface area (Å²) < 4.78 is 4.99. The zero-order valence-electron chi connectivity index (χ0n) is 11.1. The Hall–Kier alpha value is -0.350. The molecule has 1 aliphatic carbocycles. The van der Waals surface area contributed by atoms with Crippen molar-refractivity contribution in [2.24, 2.45) is 5.92 Å². The van der Waals surface area contributed by atoms with Gasteiger partial charge in [-0.1, -0.05) is 13.3 Å². The Labute approximate surface area is 111 Å². The van der Waals surface area contributed by atoms with Gasteiger partial charge in [0.15, 0.2) is 5.11 Å². The Balaban J connectivity index is 2.06. The molecule has 0 aliphatic heterocycles. The monoisotopic (exact) mass is 258 g/mol. The minimum Gasteiger partial charge on any atom is -0.385 e. The summed E-state index contributed by atoms with van der Waals surface area (Å²) >= 11 is 5.28. The first kappa shape index (κ1) is 14.7. The lowest BCUT2D eigenvalue weighted by atomic mass is 9.85. The molecular formula is C13H26N2OS. The van der Waals surface area contributed by atoms with E-state index in [2.05, 4.69) is 17.6 Å². The van der Waals surface area contributed by atoms with Gasteiger partial charge in [-0.2, -0.15) is 0 Å². The molecule has 0 heterocycles. The van der Waals surface area contributed by atoms with E-state index < -0.39 is 0 Å². The number of ether oxygens (including phenoxy) is 1. The molecule has 1 aliphatic rings. The molecule has 0 unspecified atom stereocenters. The second-order valence-electron chi connectivity index (χ2n) is 4.87. The SMILES string of the molecule is CCC1CCC(NC(=S)NCCCOC)CC1. The van der Waals surface area contributed by atoms with E-state index in [1.54, 1.807) is 7.11 Å². The first-order chi connectivity index (χ1) is 8.26. The fourth-order valence-corrected chi connectivity index (χ4v) is 2.64. The van der Waals surface area contributed by atoms with E-state index in [4.69, 9.17) is 17.0 Å². The third-order valence-electron chi connectivity index (χ3n) is 3.57. The standard InChI is InChI=1S/C13H26N2OS/c1-3-11-5-7-12(8-6-11)15-13(17)14-9-4-10-16-2/h11-12H,3-10H2,1-2H3,(H2,14,15,17). The van der Waals surface area contributed by atoms with Crippen LogP contribution in [0.4, 0.5) is 0 Å². The number of rotatable bonds is 6. The van der Waals surface area contributed by atoms with Crippen LogP contribution in [0.15, 0.2) is 0 Å². The first-order valence-corrected chi connectivity index (χ1v) is 7.20. The van der Waals surface area contributed by atoms with E-state index in [1.165, 1.54) is 32.1 Å². The predicted molar refractivity (Wildman–Crippen MR) is 76.3 cm³/mol. The average molecular weight is 258 g/mol. The molecule has 100 valence electrons. The highest BCUT2D eigenvalue weighted by Gasteiger charge is 2.19. The van der Waals surface area contributed by atoms with Crippen molar-refractivity contribution in [1.29, 1.82) is 0 Å². The van der Waals surface area contributed by atoms with Crippen molar-refractivity contribution in [2.45, 2.75) is 51.5 Å². The summed E-state index contributed by atoms with van der Waals surface area (Å²) in [6.07, 6.45) is 7.55. The fourth-order valence-electron chi connectivity index (χ4n) is 2.37. The van der Waals surface area contributed by atoms with Crippen molar-refractivity contribution in [3.63, 3.8) is 0 Å². The van der Waals surface area contributed by atoms with E-state index >= 15 is 0 Å². The molecule has 1 fully saturated rings. The molecule has 1 saturated carbocycles. The molecule has 3 nitrogen and oxygen atoms in total. The van der Waals surface area contributed by atoms with Gasteiger partial charge in [-0.25, -0.2) is 0 Å². The number of methoxy groups -OCH3 is 1. The van der Waals surface area contributed by atoms with Crippen molar-refractivity contribution in [1.82, 2.24) is 10.6 Å². The lowest BCUT2D eigenvalue weighted by Gasteiger charge is -2.29. The van der Waals surface area contributed by atoms with Crippen LogP contribution in [0.25, 0.3) is 0 Å². The maximum Gasteiger partial charge on any atom is 0.166 e. The molecule has 0 amide bonds. The average Bonchev–Trinajstić information content (AvgIpc) is 2.36. The second-order valence-corrected chi connectivity index (χ2v) is 5.28. The first-order valence-electron chi connectivity index (χ1n) is 6.79. The summed E-state index contributed by atoms with van der Waals surface area (Å²) in [5, 5.41) is 7.46. The lowest BCUT2D eigenvalue weighted by Crippen LogP contribution is -2.43. The number of thiocarbonyl (C=S) groups is 1. The van der Waals surface area contributed by atoms with Gasteiger partial charge in [0.2, 0.25) is 0 Å². The summed E-state index contributed by atoms with van der Waals surface area (Å²) in [6.45, 7) is 3.97. The van der Waals surface area contributed by atoms with Crippen LogP contribution in [0.1, 0.15) is 45.4 Å². The van der Waals surface area contributed by atoms with Crippen molar-refractivity contribution in [3.8, 4) is 0 Å². The molecule has 0 aromatic rings. The van der Waals surface area contributed by atoms with Crippen LogP contribution in [-0.2, 0) is 4.74 Å². The highest BCUT2D eigenvalue weighted by molar-refractivity contribution is 7.80. The zero-order chi connectivity index (χ0) is 12.5. The number of nitrogens with one attached hydrogen (secondary N) is 2. The Morgan fingerprint density at radius 2 is 2.00 bits per heavy atom. The topological polar surface area (TPSA) is 33.3 Å². The smallest absolute Gasteiger partial charge is 0.166 e. The molecule has 0 atom stereocenters. The summed E-state index contributed by atoms with van der Waals surface area (Å²) in [5.74, 6) is 0.941. The number of hydrogen-bond acceptors (Lipinski definition) is 2. The van der Waals surface area contributed by atoms with Gasteiger partial charge in [-0.15, -0.1) is 0 Å². The van der Waals surface area contributed by atoms with Crippen LogP contribution in [-0.4, -0.2) is 31.4 Å². The van der Waals surface area contributed by atoms with Crippen molar-refractivity contribution in [2.75, 3.05) is 20.3 Å². The largest absolute Gasteiger partial charge is 0.385 e. The van der Waals surface area contributed by atoms with Crippen molar-refractivity contribution >= 4 is 17.3 Å². The summed E-state index contributed by atoms with van der Waals surface area (Å²) in [4.78, 5) is 0. The molecule has 0 aromatic carbocycles. The predicted octanol–water partition coefficient (Wildman–Crippen LogP) is 2.46. The van der Waals surface area contributed by atoms with E-state index in [9.17, 15) is 0 Å². The van der Waals surface area contributed by atoms with Gasteiger partial charge < -0.3 is 15.4 Å². The quantitative estimate of drug-likeness (QED) is 0.566. The van der Waals surface area contributed by atoms with Gasteiger partial charge >= 0.3 is 0 Å². The normalized spacial score (nSPS) is 24.4. The fraction of sp³-hybridized carbons (Fsp3) is 0.923. The van der Waals surface area contributed by atoms with E-state index in [1.807, 2.05) is 0 Å². The Bertz CT molecular complexity index is 215. The van der Waals surface area contributed by atoms with Crippen LogP contribution in [0.3, 0.4) is 0 Å². The molecule has 2 N–H and O–H groups in total. The molecule has 0 saturated heterocycles. The van der Waals surface area contributed by atoms with E-state index in [-0.39, 0.29) is 0 Å². The molecule has 0 radical (unpaired) electrons. The van der Waals surface area contributed by atoms with Gasteiger partial charge in [-0.3, -0.25) is 0 Å². The zero-order valence-corrected chi connectivity index (χ0v) is 11.9. The maximum atomic E-state index is 5.28. The lowest BCUT2D eigenvalue weighted by molar-refractivity contribution is 0.195. The summed E-state index contributed by atoms with van der Waals surface area (Å²) in [7, 11) is 1.72. The molecule has 0 aromatic heterocycles. The van der Waals surface area contributed by atoms with E-state index in [0.717, 1.165) is 30.6 Å². The third kappa shape index (κ3) is 6.22. The van der Waals surface area contributed by atoms with Crippen LogP contribution >= 0.6 is 12.2 Å². The number of hydrogen-bond donors (Lipinski definition) is 2. The second kappa shape index (κ2) is 8.70. The molecular weight excluding hydrogens is 232 g/mol. The summed E-state index contributed by atoms with van der Waals surface area (Å²) in [5.41, 5.74) is 0. The van der Waals surface area contributed by atoms with Crippen LogP contribution in [0, 0.1) is 5.92 Å². The highest BCUT2D eigenvalue weighted by Crippen LogP contribution is 2.26.